The Hall–Kier alpha value is -1.93. The van der Waals surface area contributed by atoms with Crippen molar-refractivity contribution < 1.29 is 4.57 Å². The highest BCUT2D eigenvalue weighted by Gasteiger charge is 2.22. The van der Waals surface area contributed by atoms with Crippen LogP contribution in [0.3, 0.4) is 0 Å². The number of aromatic nitrogens is 1. The number of hydrogen-bond acceptors (Lipinski definition) is 0. The highest BCUT2D eigenvalue weighted by atomic mass is 28.3. The number of rotatable bonds is 2. The number of benzene rings is 2. The zero-order valence-electron chi connectivity index (χ0n) is 14.1. The SMILES string of the molecule is Cc1ccc2ccccc2c1-c1cc([Si](C)(C)C)cc[n+]1C. The van der Waals surface area contributed by atoms with Crippen LogP contribution in [-0.4, -0.2) is 8.07 Å². The van der Waals surface area contributed by atoms with Gasteiger partial charge in [0.15, 0.2) is 6.20 Å². The molecule has 0 bridgehead atoms. The Labute approximate surface area is 134 Å². The Morgan fingerprint density at radius 2 is 1.64 bits per heavy atom. The van der Waals surface area contributed by atoms with Gasteiger partial charge in [-0.3, -0.25) is 0 Å². The van der Waals surface area contributed by atoms with E-state index in [0.29, 0.717) is 0 Å². The lowest BCUT2D eigenvalue weighted by molar-refractivity contribution is -0.660. The minimum absolute atomic E-state index is 1.31. The van der Waals surface area contributed by atoms with E-state index in [9.17, 15) is 0 Å². The zero-order chi connectivity index (χ0) is 15.9. The van der Waals surface area contributed by atoms with Gasteiger partial charge in [-0.2, -0.15) is 0 Å². The Morgan fingerprint density at radius 1 is 0.909 bits per heavy atom. The summed E-state index contributed by atoms with van der Waals surface area (Å²) in [5, 5.41) is 4.15. The molecule has 1 heterocycles. The molecule has 0 aliphatic heterocycles. The maximum atomic E-state index is 2.40. The maximum Gasteiger partial charge on any atom is 0.213 e. The number of nitrogens with zero attached hydrogens (tertiary/aromatic N) is 1. The first-order valence-electron chi connectivity index (χ1n) is 7.87. The molecule has 2 aromatic carbocycles. The summed E-state index contributed by atoms with van der Waals surface area (Å²) in [7, 11) is 0.825. The molecule has 1 aromatic heterocycles. The third-order valence-electron chi connectivity index (χ3n) is 4.41. The quantitative estimate of drug-likeness (QED) is 0.494. The molecule has 3 aromatic rings. The highest BCUT2D eigenvalue weighted by Crippen LogP contribution is 2.29. The Balaban J connectivity index is 2.34. The summed E-state index contributed by atoms with van der Waals surface area (Å²) in [4.78, 5) is 0. The van der Waals surface area contributed by atoms with Crippen molar-refractivity contribution in [1.82, 2.24) is 0 Å². The van der Waals surface area contributed by atoms with E-state index in [1.807, 2.05) is 0 Å². The summed E-state index contributed by atoms with van der Waals surface area (Å²) >= 11 is 0. The molecule has 0 aliphatic carbocycles. The van der Waals surface area contributed by atoms with E-state index < -0.39 is 8.07 Å². The standard InChI is InChI=1S/C20H24NSi/c1-15-10-11-16-8-6-7-9-18(16)20(15)19-14-17(22(3,4)5)12-13-21(19)2/h6-14H,1-5H3/q+1. The fourth-order valence-electron chi connectivity index (χ4n) is 3.01. The third-order valence-corrected chi connectivity index (χ3v) is 6.45. The molecule has 0 N–H and O–H groups in total. The summed E-state index contributed by atoms with van der Waals surface area (Å²) in [6, 6.07) is 17.8. The molecular formula is C20H24NSi+. The first kappa shape index (κ1) is 15.0. The smallest absolute Gasteiger partial charge is 0.201 e. The average Bonchev–Trinajstić information content (AvgIpc) is 2.47. The molecule has 3 rings (SSSR count). The lowest BCUT2D eigenvalue weighted by Gasteiger charge is -2.17. The largest absolute Gasteiger partial charge is 0.213 e. The summed E-state index contributed by atoms with van der Waals surface area (Å²) in [6.07, 6.45) is 2.21. The Kier molecular flexibility index (Phi) is 3.65. The van der Waals surface area contributed by atoms with Crippen LogP contribution in [0.4, 0.5) is 0 Å². The third kappa shape index (κ3) is 2.59. The molecule has 0 atom stereocenters. The minimum Gasteiger partial charge on any atom is -0.201 e. The predicted octanol–water partition coefficient (Wildman–Crippen LogP) is 4.18. The van der Waals surface area contributed by atoms with Crippen LogP contribution < -0.4 is 9.75 Å². The molecule has 112 valence electrons. The molecule has 22 heavy (non-hydrogen) atoms. The lowest BCUT2D eigenvalue weighted by Crippen LogP contribution is -2.42. The van der Waals surface area contributed by atoms with Crippen molar-refractivity contribution in [2.45, 2.75) is 26.6 Å². The van der Waals surface area contributed by atoms with Crippen molar-refractivity contribution in [1.29, 1.82) is 0 Å². The first-order valence-corrected chi connectivity index (χ1v) is 11.4. The van der Waals surface area contributed by atoms with Gasteiger partial charge in [-0.05, 0) is 28.4 Å². The summed E-state index contributed by atoms with van der Waals surface area (Å²) < 4.78 is 2.25. The second kappa shape index (κ2) is 5.36. The van der Waals surface area contributed by atoms with Crippen molar-refractivity contribution >= 4 is 24.0 Å². The molecule has 0 unspecified atom stereocenters. The van der Waals surface area contributed by atoms with Crippen LogP contribution in [0.1, 0.15) is 5.56 Å². The molecule has 0 aliphatic rings. The molecule has 0 radical (unpaired) electrons. The molecule has 0 fully saturated rings. The van der Waals surface area contributed by atoms with E-state index in [1.54, 1.807) is 0 Å². The van der Waals surface area contributed by atoms with Crippen LogP contribution >= 0.6 is 0 Å². The average molecular weight is 307 g/mol. The monoisotopic (exact) mass is 306 g/mol. The van der Waals surface area contributed by atoms with E-state index in [-0.39, 0.29) is 0 Å². The summed E-state index contributed by atoms with van der Waals surface area (Å²) in [5.41, 5.74) is 4.01. The van der Waals surface area contributed by atoms with Crippen LogP contribution in [-0.2, 0) is 7.05 Å². The maximum absolute atomic E-state index is 2.40. The van der Waals surface area contributed by atoms with Gasteiger partial charge in [0.2, 0.25) is 5.69 Å². The second-order valence-corrected chi connectivity index (χ2v) is 12.2. The van der Waals surface area contributed by atoms with Crippen molar-refractivity contribution in [3.63, 3.8) is 0 Å². The molecule has 2 heteroatoms. The van der Waals surface area contributed by atoms with Gasteiger partial charge in [-0.15, -0.1) is 0 Å². The zero-order valence-corrected chi connectivity index (χ0v) is 15.1. The van der Waals surface area contributed by atoms with Gasteiger partial charge in [0.1, 0.15) is 7.05 Å². The van der Waals surface area contributed by atoms with Gasteiger partial charge in [0.25, 0.3) is 0 Å². The Bertz CT molecular complexity index is 844. The van der Waals surface area contributed by atoms with Crippen LogP contribution in [0.15, 0.2) is 54.7 Å². The number of pyridine rings is 1. The molecule has 0 saturated carbocycles. The normalized spacial score (nSPS) is 11.9. The van der Waals surface area contributed by atoms with Gasteiger partial charge in [-0.1, -0.05) is 56.0 Å². The number of hydrogen-bond donors (Lipinski definition) is 0. The van der Waals surface area contributed by atoms with E-state index in [2.05, 4.69) is 92.9 Å². The topological polar surface area (TPSA) is 3.88 Å². The second-order valence-electron chi connectivity index (χ2n) is 7.14. The molecular weight excluding hydrogens is 282 g/mol. The van der Waals surface area contributed by atoms with Gasteiger partial charge < -0.3 is 0 Å². The van der Waals surface area contributed by atoms with E-state index in [4.69, 9.17) is 0 Å². The van der Waals surface area contributed by atoms with Crippen LogP contribution in [0.5, 0.6) is 0 Å². The van der Waals surface area contributed by atoms with E-state index >= 15 is 0 Å². The van der Waals surface area contributed by atoms with Gasteiger partial charge in [0.05, 0.1) is 13.6 Å². The fourth-order valence-corrected chi connectivity index (χ4v) is 4.15. The van der Waals surface area contributed by atoms with Gasteiger partial charge in [0, 0.05) is 12.1 Å². The fraction of sp³-hybridized carbons (Fsp3) is 0.250. The van der Waals surface area contributed by atoms with Gasteiger partial charge in [-0.25, -0.2) is 4.57 Å². The van der Waals surface area contributed by atoms with Crippen LogP contribution in [0.2, 0.25) is 19.6 Å². The van der Waals surface area contributed by atoms with E-state index in [1.165, 1.54) is 32.8 Å². The van der Waals surface area contributed by atoms with Crippen molar-refractivity contribution in [3.8, 4) is 11.3 Å². The lowest BCUT2D eigenvalue weighted by atomic mass is 9.97. The first-order chi connectivity index (χ1) is 10.4. The highest BCUT2D eigenvalue weighted by molar-refractivity contribution is 6.88. The van der Waals surface area contributed by atoms with Gasteiger partial charge >= 0.3 is 0 Å². The number of aryl methyl sites for hydroxylation is 2. The van der Waals surface area contributed by atoms with Crippen LogP contribution in [0.25, 0.3) is 22.0 Å². The minimum atomic E-state index is -1.32. The summed E-state index contributed by atoms with van der Waals surface area (Å²) in [6.45, 7) is 9.43. The Morgan fingerprint density at radius 3 is 2.36 bits per heavy atom. The van der Waals surface area contributed by atoms with Crippen molar-refractivity contribution in [2.75, 3.05) is 0 Å². The molecule has 1 nitrogen and oxygen atoms in total. The molecule has 0 amide bonds. The molecule has 0 saturated heterocycles. The predicted molar refractivity (Wildman–Crippen MR) is 98.3 cm³/mol. The van der Waals surface area contributed by atoms with Crippen molar-refractivity contribution in [2.24, 2.45) is 7.05 Å². The molecule has 0 spiro atoms. The number of fused-ring (bicyclic) bond motifs is 1. The summed E-state index contributed by atoms with van der Waals surface area (Å²) in [5.74, 6) is 0. The van der Waals surface area contributed by atoms with E-state index in [0.717, 1.165) is 0 Å². The van der Waals surface area contributed by atoms with Crippen molar-refractivity contribution in [3.05, 3.63) is 60.3 Å². The van der Waals surface area contributed by atoms with Crippen LogP contribution in [0, 0.1) is 6.92 Å².